The highest BCUT2D eigenvalue weighted by Gasteiger charge is 2.24. The van der Waals surface area contributed by atoms with E-state index in [-0.39, 0.29) is 5.91 Å². The molecule has 0 atom stereocenters. The number of aromatic nitrogens is 1. The fraction of sp³-hybridized carbons (Fsp3) is 0.417. The lowest BCUT2D eigenvalue weighted by atomic mass is 10.1. The molecule has 4 rings (SSSR count). The van der Waals surface area contributed by atoms with Gasteiger partial charge in [-0.25, -0.2) is 4.98 Å². The van der Waals surface area contributed by atoms with Gasteiger partial charge in [-0.15, -0.1) is 0 Å². The van der Waals surface area contributed by atoms with Crippen molar-refractivity contribution in [1.29, 1.82) is 0 Å². The average molecular weight is 456 g/mol. The van der Waals surface area contributed by atoms with Gasteiger partial charge < -0.3 is 14.2 Å². The smallest absolute Gasteiger partial charge is 0.260 e. The first kappa shape index (κ1) is 22.5. The van der Waals surface area contributed by atoms with Crippen molar-refractivity contribution in [2.45, 2.75) is 13.3 Å². The largest absolute Gasteiger partial charge is 0.493 e. The number of hydrogen-bond donors (Lipinski definition) is 0. The van der Waals surface area contributed by atoms with Crippen molar-refractivity contribution >= 4 is 32.6 Å². The Morgan fingerprint density at radius 3 is 2.62 bits per heavy atom. The zero-order chi connectivity index (χ0) is 22.5. The van der Waals surface area contributed by atoms with Crippen molar-refractivity contribution in [2.24, 2.45) is 0 Å². The van der Waals surface area contributed by atoms with Gasteiger partial charge in [-0.1, -0.05) is 24.3 Å². The lowest BCUT2D eigenvalue weighted by Crippen LogP contribution is -2.43. The van der Waals surface area contributed by atoms with E-state index in [1.807, 2.05) is 6.07 Å². The minimum Gasteiger partial charge on any atom is -0.493 e. The van der Waals surface area contributed by atoms with Crippen LogP contribution in [0.25, 0.3) is 10.2 Å². The zero-order valence-corrected chi connectivity index (χ0v) is 19.6. The van der Waals surface area contributed by atoms with E-state index in [9.17, 15) is 4.79 Å². The first-order valence-corrected chi connectivity index (χ1v) is 11.7. The Bertz CT molecular complexity index is 1080. The normalized spacial score (nSPS) is 14.5. The van der Waals surface area contributed by atoms with Crippen molar-refractivity contribution in [1.82, 2.24) is 9.88 Å². The number of carbonyl (C=O) groups is 1. The van der Waals surface area contributed by atoms with Gasteiger partial charge in [0.05, 0.1) is 37.6 Å². The Morgan fingerprint density at radius 2 is 1.91 bits per heavy atom. The van der Waals surface area contributed by atoms with Crippen molar-refractivity contribution < 1.29 is 19.0 Å². The standard InChI is InChI=1S/C24H29N3O4S/c1-4-17-5-7-19-22(15-17)32-24(25-19)27(10-9-26-11-13-31-14-12-26)23(28)18-6-8-20(29-2)21(16-18)30-3/h5-8,15-16H,4,9-14H2,1-3H3. The van der Waals surface area contributed by atoms with E-state index in [1.54, 1.807) is 48.7 Å². The molecule has 32 heavy (non-hydrogen) atoms. The maximum atomic E-state index is 13.6. The number of amides is 1. The second-order valence-corrected chi connectivity index (χ2v) is 8.64. The number of benzene rings is 2. The molecular formula is C24H29N3O4S. The molecule has 8 heteroatoms. The fourth-order valence-corrected chi connectivity index (χ4v) is 4.82. The lowest BCUT2D eigenvalue weighted by Gasteiger charge is -2.29. The van der Waals surface area contributed by atoms with Gasteiger partial charge >= 0.3 is 0 Å². The maximum Gasteiger partial charge on any atom is 0.260 e. The number of carbonyl (C=O) groups excluding carboxylic acids is 1. The van der Waals surface area contributed by atoms with Crippen LogP contribution in [-0.2, 0) is 11.2 Å². The van der Waals surface area contributed by atoms with Gasteiger partial charge in [0.15, 0.2) is 16.6 Å². The molecule has 0 radical (unpaired) electrons. The second kappa shape index (κ2) is 10.3. The first-order chi connectivity index (χ1) is 15.6. The molecule has 2 heterocycles. The van der Waals surface area contributed by atoms with Crippen molar-refractivity contribution in [2.75, 3.05) is 58.5 Å². The van der Waals surface area contributed by atoms with Crippen LogP contribution in [0.1, 0.15) is 22.8 Å². The summed E-state index contributed by atoms with van der Waals surface area (Å²) in [7, 11) is 3.15. The van der Waals surface area contributed by atoms with E-state index in [0.717, 1.165) is 49.5 Å². The van der Waals surface area contributed by atoms with Gasteiger partial charge in [-0.3, -0.25) is 14.6 Å². The summed E-state index contributed by atoms with van der Waals surface area (Å²) >= 11 is 1.56. The van der Waals surface area contributed by atoms with Crippen molar-refractivity contribution in [3.63, 3.8) is 0 Å². The van der Waals surface area contributed by atoms with Crippen LogP contribution >= 0.6 is 11.3 Å². The van der Waals surface area contributed by atoms with Crippen LogP contribution in [0, 0.1) is 0 Å². The highest BCUT2D eigenvalue weighted by atomic mass is 32.1. The Morgan fingerprint density at radius 1 is 1.12 bits per heavy atom. The Kier molecular flexibility index (Phi) is 7.24. The number of methoxy groups -OCH3 is 2. The number of ether oxygens (including phenoxy) is 3. The van der Waals surface area contributed by atoms with E-state index in [2.05, 4.69) is 24.0 Å². The molecule has 0 unspecified atom stereocenters. The molecule has 0 spiro atoms. The summed E-state index contributed by atoms with van der Waals surface area (Å²) in [6.07, 6.45) is 0.967. The van der Waals surface area contributed by atoms with Gasteiger partial charge in [-0.2, -0.15) is 0 Å². The summed E-state index contributed by atoms with van der Waals surface area (Å²) in [5.74, 6) is 1.02. The van der Waals surface area contributed by atoms with Crippen LogP contribution in [0.15, 0.2) is 36.4 Å². The quantitative estimate of drug-likeness (QED) is 0.514. The summed E-state index contributed by atoms with van der Waals surface area (Å²) in [4.78, 5) is 22.5. The van der Waals surface area contributed by atoms with Gasteiger partial charge in [0.2, 0.25) is 0 Å². The third-order valence-corrected chi connectivity index (χ3v) is 6.74. The predicted molar refractivity (Wildman–Crippen MR) is 127 cm³/mol. The number of aryl methyl sites for hydroxylation is 1. The number of thiazole rings is 1. The Balaban J connectivity index is 1.66. The molecule has 3 aromatic rings. The third kappa shape index (κ3) is 4.87. The average Bonchev–Trinajstić information content (AvgIpc) is 3.27. The molecule has 2 aromatic carbocycles. The second-order valence-electron chi connectivity index (χ2n) is 7.63. The fourth-order valence-electron chi connectivity index (χ4n) is 3.77. The van der Waals surface area contributed by atoms with Crippen LogP contribution in [0.4, 0.5) is 5.13 Å². The number of fused-ring (bicyclic) bond motifs is 1. The zero-order valence-electron chi connectivity index (χ0n) is 18.8. The van der Waals surface area contributed by atoms with Crippen LogP contribution in [0.2, 0.25) is 0 Å². The topological polar surface area (TPSA) is 64.1 Å². The van der Waals surface area contributed by atoms with E-state index < -0.39 is 0 Å². The minimum atomic E-state index is -0.103. The molecule has 0 N–H and O–H groups in total. The molecule has 1 aromatic heterocycles. The molecule has 1 fully saturated rings. The molecular weight excluding hydrogens is 426 g/mol. The SMILES string of the molecule is CCc1ccc2nc(N(CCN3CCOCC3)C(=O)c3ccc(OC)c(OC)c3)sc2c1. The first-order valence-electron chi connectivity index (χ1n) is 10.9. The van der Waals surface area contributed by atoms with Crippen LogP contribution in [0.3, 0.4) is 0 Å². The van der Waals surface area contributed by atoms with Gasteiger partial charge in [0.25, 0.3) is 5.91 Å². The number of nitrogens with zero attached hydrogens (tertiary/aromatic N) is 3. The molecule has 1 amide bonds. The molecule has 7 nitrogen and oxygen atoms in total. The highest BCUT2D eigenvalue weighted by Crippen LogP contribution is 2.32. The highest BCUT2D eigenvalue weighted by molar-refractivity contribution is 7.22. The summed E-state index contributed by atoms with van der Waals surface area (Å²) < 4.78 is 17.3. The minimum absolute atomic E-state index is 0.103. The van der Waals surface area contributed by atoms with Crippen LogP contribution in [0.5, 0.6) is 11.5 Å². The molecule has 0 aliphatic carbocycles. The van der Waals surface area contributed by atoms with E-state index >= 15 is 0 Å². The van der Waals surface area contributed by atoms with Gasteiger partial charge in [0, 0.05) is 31.7 Å². The number of anilines is 1. The molecule has 170 valence electrons. The summed E-state index contributed by atoms with van der Waals surface area (Å²) in [5, 5.41) is 0.710. The number of hydrogen-bond acceptors (Lipinski definition) is 7. The summed E-state index contributed by atoms with van der Waals surface area (Å²) in [5.41, 5.74) is 2.72. The van der Waals surface area contributed by atoms with E-state index in [4.69, 9.17) is 19.2 Å². The molecule has 1 aliphatic heterocycles. The van der Waals surface area contributed by atoms with E-state index in [1.165, 1.54) is 5.56 Å². The van der Waals surface area contributed by atoms with Crippen LogP contribution in [-0.4, -0.2) is 69.4 Å². The monoisotopic (exact) mass is 455 g/mol. The maximum absolute atomic E-state index is 13.6. The predicted octanol–water partition coefficient (Wildman–Crippen LogP) is 3.85. The van der Waals surface area contributed by atoms with Crippen molar-refractivity contribution in [3.05, 3.63) is 47.5 Å². The van der Waals surface area contributed by atoms with E-state index in [0.29, 0.717) is 28.7 Å². The molecule has 1 saturated heterocycles. The lowest BCUT2D eigenvalue weighted by molar-refractivity contribution is 0.0391. The summed E-state index contributed by atoms with van der Waals surface area (Å²) in [6, 6.07) is 11.6. The van der Waals surface area contributed by atoms with Gasteiger partial charge in [0.1, 0.15) is 0 Å². The third-order valence-electron chi connectivity index (χ3n) is 5.70. The van der Waals surface area contributed by atoms with Crippen molar-refractivity contribution in [3.8, 4) is 11.5 Å². The summed E-state index contributed by atoms with van der Waals surface area (Å²) in [6.45, 7) is 6.65. The van der Waals surface area contributed by atoms with Gasteiger partial charge in [-0.05, 0) is 42.3 Å². The number of morpholine rings is 1. The van der Waals surface area contributed by atoms with Crippen LogP contribution < -0.4 is 14.4 Å². The molecule has 0 bridgehead atoms. The molecule has 0 saturated carbocycles. The molecule has 1 aliphatic rings. The number of rotatable bonds is 8. The Hall–Kier alpha value is -2.68. The Labute approximate surface area is 192 Å².